The van der Waals surface area contributed by atoms with E-state index in [1.807, 2.05) is 18.2 Å². The number of nitrogens with zero attached hydrogens (tertiary/aromatic N) is 1. The molecule has 0 aliphatic heterocycles. The Labute approximate surface area is 152 Å². The normalized spacial score (nSPS) is 10.9. The van der Waals surface area contributed by atoms with Crippen molar-refractivity contribution >= 4 is 67.6 Å². The number of halogens is 2. The molecule has 1 heterocycles. The summed E-state index contributed by atoms with van der Waals surface area (Å²) < 4.78 is 0.769. The van der Waals surface area contributed by atoms with E-state index >= 15 is 0 Å². The average Bonchev–Trinajstić information content (AvgIpc) is 2.97. The second-order valence-corrected chi connectivity index (χ2v) is 7.73. The zero-order chi connectivity index (χ0) is 16.4. The third kappa shape index (κ3) is 3.48. The topological polar surface area (TPSA) is 42.0 Å². The summed E-state index contributed by atoms with van der Waals surface area (Å²) in [5.41, 5.74) is 1.24. The lowest BCUT2D eigenvalue weighted by Gasteiger charge is -2.07. The van der Waals surface area contributed by atoms with Crippen LogP contribution in [0.25, 0.3) is 10.2 Å². The third-order valence-electron chi connectivity index (χ3n) is 3.10. The minimum atomic E-state index is -0.187. The monoisotopic (exact) mass is 382 g/mol. The molecule has 0 saturated carbocycles. The molecule has 2 aromatic carbocycles. The number of benzene rings is 2. The lowest BCUT2D eigenvalue weighted by atomic mass is 10.2. The summed E-state index contributed by atoms with van der Waals surface area (Å²) in [4.78, 5) is 17.9. The van der Waals surface area contributed by atoms with Gasteiger partial charge in [-0.2, -0.15) is 0 Å². The molecule has 23 heavy (non-hydrogen) atoms. The fraction of sp³-hybridized carbons (Fsp3) is 0.125. The number of thiazole rings is 1. The van der Waals surface area contributed by atoms with Gasteiger partial charge in [-0.1, -0.05) is 53.6 Å². The first-order chi connectivity index (χ1) is 11.1. The third-order valence-corrected chi connectivity index (χ3v) is 5.79. The van der Waals surface area contributed by atoms with Crippen molar-refractivity contribution in [2.45, 2.75) is 11.8 Å². The molecular weight excluding hydrogens is 371 g/mol. The maximum absolute atomic E-state index is 12.5. The molecule has 7 heteroatoms. The molecule has 0 radical (unpaired) electrons. The van der Waals surface area contributed by atoms with Crippen molar-refractivity contribution in [2.24, 2.45) is 0 Å². The zero-order valence-corrected chi connectivity index (χ0v) is 15.2. The highest BCUT2D eigenvalue weighted by Gasteiger charge is 2.15. The van der Waals surface area contributed by atoms with Gasteiger partial charge in [0.1, 0.15) is 5.52 Å². The number of anilines is 1. The van der Waals surface area contributed by atoms with E-state index in [1.54, 1.807) is 30.0 Å². The molecule has 0 saturated heterocycles. The largest absolute Gasteiger partial charge is 0.298 e. The second kappa shape index (κ2) is 7.09. The molecule has 0 unspecified atom stereocenters. The van der Waals surface area contributed by atoms with Crippen LogP contribution in [0.15, 0.2) is 41.3 Å². The number of hydrogen-bond acceptors (Lipinski definition) is 4. The maximum atomic E-state index is 12.5. The number of hydrogen-bond donors (Lipinski definition) is 1. The number of amides is 1. The van der Waals surface area contributed by atoms with Gasteiger partial charge in [-0.15, -0.1) is 11.8 Å². The van der Waals surface area contributed by atoms with Gasteiger partial charge in [0, 0.05) is 4.90 Å². The minimum Gasteiger partial charge on any atom is -0.298 e. The Kier molecular flexibility index (Phi) is 5.11. The van der Waals surface area contributed by atoms with Crippen LogP contribution in [0.5, 0.6) is 0 Å². The van der Waals surface area contributed by atoms with E-state index in [0.29, 0.717) is 26.3 Å². The Morgan fingerprint density at radius 2 is 1.96 bits per heavy atom. The van der Waals surface area contributed by atoms with Gasteiger partial charge in [0.15, 0.2) is 5.13 Å². The van der Waals surface area contributed by atoms with Crippen LogP contribution >= 0.6 is 46.3 Å². The summed E-state index contributed by atoms with van der Waals surface area (Å²) in [5, 5.41) is 4.41. The summed E-state index contributed by atoms with van der Waals surface area (Å²) in [5.74, 6) is 0.712. The first-order valence-corrected chi connectivity index (χ1v) is 9.43. The van der Waals surface area contributed by atoms with E-state index in [0.717, 1.165) is 15.3 Å². The molecule has 1 aromatic heterocycles. The van der Waals surface area contributed by atoms with Gasteiger partial charge in [0.25, 0.3) is 5.91 Å². The maximum Gasteiger partial charge on any atom is 0.258 e. The molecule has 0 spiro atoms. The van der Waals surface area contributed by atoms with Crippen LogP contribution in [-0.2, 0) is 0 Å². The highest BCUT2D eigenvalue weighted by molar-refractivity contribution is 7.99. The Morgan fingerprint density at radius 1 is 1.22 bits per heavy atom. The van der Waals surface area contributed by atoms with Crippen molar-refractivity contribution in [3.8, 4) is 0 Å². The average molecular weight is 383 g/mol. The number of thioether (sulfide) groups is 1. The highest BCUT2D eigenvalue weighted by atomic mass is 35.5. The van der Waals surface area contributed by atoms with Crippen LogP contribution < -0.4 is 5.32 Å². The van der Waals surface area contributed by atoms with Gasteiger partial charge in [-0.25, -0.2) is 4.98 Å². The fourth-order valence-electron chi connectivity index (χ4n) is 2.10. The lowest BCUT2D eigenvalue weighted by molar-refractivity contribution is 0.102. The zero-order valence-electron chi connectivity index (χ0n) is 12.1. The van der Waals surface area contributed by atoms with E-state index < -0.39 is 0 Å². The molecule has 0 bridgehead atoms. The SMILES string of the molecule is CCSc1ccccc1C(=O)Nc1nc2c(Cl)ccc(Cl)c2s1. The quantitative estimate of drug-likeness (QED) is 0.565. The van der Waals surface area contributed by atoms with Crippen molar-refractivity contribution in [3.05, 3.63) is 52.0 Å². The van der Waals surface area contributed by atoms with Gasteiger partial charge in [-0.3, -0.25) is 10.1 Å². The van der Waals surface area contributed by atoms with E-state index in [1.165, 1.54) is 11.3 Å². The van der Waals surface area contributed by atoms with Gasteiger partial charge in [-0.05, 0) is 30.0 Å². The predicted molar refractivity (Wildman–Crippen MR) is 100 cm³/mol. The molecule has 0 fully saturated rings. The Bertz CT molecular complexity index is 841. The van der Waals surface area contributed by atoms with Crippen molar-refractivity contribution < 1.29 is 4.79 Å². The molecule has 0 atom stereocenters. The molecule has 3 aromatic rings. The summed E-state index contributed by atoms with van der Waals surface area (Å²) in [6.45, 7) is 2.05. The molecule has 0 aliphatic carbocycles. The predicted octanol–water partition coefficient (Wildman–Crippen LogP) is 5.97. The van der Waals surface area contributed by atoms with Gasteiger partial charge < -0.3 is 0 Å². The molecule has 1 amide bonds. The van der Waals surface area contributed by atoms with Crippen LogP contribution in [0.3, 0.4) is 0 Å². The number of carbonyl (C=O) groups is 1. The fourth-order valence-corrected chi connectivity index (χ4v) is 4.32. The summed E-state index contributed by atoms with van der Waals surface area (Å²) in [7, 11) is 0. The smallest absolute Gasteiger partial charge is 0.258 e. The van der Waals surface area contributed by atoms with Crippen LogP contribution in [0, 0.1) is 0 Å². The Hall–Kier alpha value is -1.27. The van der Waals surface area contributed by atoms with Crippen LogP contribution in [0.4, 0.5) is 5.13 Å². The second-order valence-electron chi connectivity index (χ2n) is 4.61. The van der Waals surface area contributed by atoms with E-state index in [-0.39, 0.29) is 5.91 Å². The first-order valence-electron chi connectivity index (χ1n) is 6.88. The Morgan fingerprint density at radius 3 is 2.70 bits per heavy atom. The van der Waals surface area contributed by atoms with Crippen molar-refractivity contribution in [1.82, 2.24) is 4.98 Å². The Balaban J connectivity index is 1.92. The molecule has 0 aliphatic rings. The standard InChI is InChI=1S/C16H12Cl2N2OS2/c1-2-22-12-6-4-3-5-9(12)15(21)20-16-19-13-10(17)7-8-11(18)14(13)23-16/h3-8H,2H2,1H3,(H,19,20,21). The van der Waals surface area contributed by atoms with E-state index in [9.17, 15) is 4.79 Å². The van der Waals surface area contributed by atoms with Crippen LogP contribution in [0.1, 0.15) is 17.3 Å². The molecule has 118 valence electrons. The van der Waals surface area contributed by atoms with Crippen molar-refractivity contribution in [2.75, 3.05) is 11.1 Å². The summed E-state index contributed by atoms with van der Waals surface area (Å²) >= 11 is 15.2. The minimum absolute atomic E-state index is 0.187. The highest BCUT2D eigenvalue weighted by Crippen LogP contribution is 2.36. The van der Waals surface area contributed by atoms with Crippen molar-refractivity contribution in [1.29, 1.82) is 0 Å². The summed E-state index contributed by atoms with van der Waals surface area (Å²) in [6, 6.07) is 10.9. The molecule has 3 nitrogen and oxygen atoms in total. The first kappa shape index (κ1) is 16.6. The van der Waals surface area contributed by atoms with Gasteiger partial charge in [0.05, 0.1) is 20.3 Å². The molecular formula is C16H12Cl2N2OS2. The number of aromatic nitrogens is 1. The van der Waals surface area contributed by atoms with E-state index in [2.05, 4.69) is 17.2 Å². The van der Waals surface area contributed by atoms with Crippen molar-refractivity contribution in [3.63, 3.8) is 0 Å². The number of fused-ring (bicyclic) bond motifs is 1. The van der Waals surface area contributed by atoms with Gasteiger partial charge >= 0.3 is 0 Å². The lowest BCUT2D eigenvalue weighted by Crippen LogP contribution is -2.12. The van der Waals surface area contributed by atoms with E-state index in [4.69, 9.17) is 23.2 Å². The van der Waals surface area contributed by atoms with Crippen LogP contribution in [-0.4, -0.2) is 16.6 Å². The molecule has 3 rings (SSSR count). The summed E-state index contributed by atoms with van der Waals surface area (Å²) in [6.07, 6.45) is 0. The number of carbonyl (C=O) groups excluding carboxylic acids is 1. The van der Waals surface area contributed by atoms with Gasteiger partial charge in [0.2, 0.25) is 0 Å². The van der Waals surface area contributed by atoms with Crippen LogP contribution in [0.2, 0.25) is 10.0 Å². The number of nitrogens with one attached hydrogen (secondary N) is 1. The molecule has 1 N–H and O–H groups in total. The number of rotatable bonds is 4.